The van der Waals surface area contributed by atoms with E-state index in [4.69, 9.17) is 10.5 Å². The van der Waals surface area contributed by atoms with Crippen LogP contribution in [0.5, 0.6) is 0 Å². The van der Waals surface area contributed by atoms with E-state index in [1.54, 1.807) is 13.3 Å². The normalized spacial score (nSPS) is 14.1. The Morgan fingerprint density at radius 1 is 1.26 bits per heavy atom. The molecule has 0 saturated carbocycles. The van der Waals surface area contributed by atoms with Crippen LogP contribution < -0.4 is 5.73 Å². The average molecular weight is 321 g/mol. The first kappa shape index (κ1) is 14.2. The molecular formula is C15H17BrN2O. The molecule has 0 aliphatic rings. The van der Waals surface area contributed by atoms with Gasteiger partial charge in [0.2, 0.25) is 0 Å². The number of halogens is 1. The highest BCUT2D eigenvalue weighted by atomic mass is 79.9. The molecule has 0 aliphatic carbocycles. The summed E-state index contributed by atoms with van der Waals surface area (Å²) in [6.07, 6.45) is 4.21. The molecule has 3 nitrogen and oxygen atoms in total. The summed E-state index contributed by atoms with van der Waals surface area (Å²) in [5, 5.41) is 0. The van der Waals surface area contributed by atoms with E-state index in [2.05, 4.69) is 20.9 Å². The fraction of sp³-hybridized carbons (Fsp3) is 0.267. The van der Waals surface area contributed by atoms with Crippen molar-refractivity contribution in [3.8, 4) is 0 Å². The van der Waals surface area contributed by atoms with Crippen molar-refractivity contribution >= 4 is 15.9 Å². The van der Waals surface area contributed by atoms with Crippen molar-refractivity contribution in [1.82, 2.24) is 4.98 Å². The van der Waals surface area contributed by atoms with Crippen molar-refractivity contribution in [3.63, 3.8) is 0 Å². The summed E-state index contributed by atoms with van der Waals surface area (Å²) < 4.78 is 6.51. The highest BCUT2D eigenvalue weighted by molar-refractivity contribution is 9.10. The number of hydrogen-bond acceptors (Lipinski definition) is 3. The van der Waals surface area contributed by atoms with Gasteiger partial charge in [-0.05, 0) is 39.5 Å². The monoisotopic (exact) mass is 320 g/mol. The van der Waals surface area contributed by atoms with Crippen LogP contribution in [0.3, 0.4) is 0 Å². The second-order valence-electron chi connectivity index (χ2n) is 4.45. The zero-order chi connectivity index (χ0) is 13.7. The fourth-order valence-corrected chi connectivity index (χ4v) is 2.56. The first-order chi connectivity index (χ1) is 9.20. The lowest BCUT2D eigenvalue weighted by Crippen LogP contribution is -2.31. The van der Waals surface area contributed by atoms with Crippen LogP contribution in [0.1, 0.15) is 17.2 Å². The van der Waals surface area contributed by atoms with Gasteiger partial charge in [0.05, 0.1) is 6.10 Å². The Bertz CT molecular complexity index is 519. The minimum absolute atomic E-state index is 0.108. The Morgan fingerprint density at radius 3 is 2.63 bits per heavy atom. The molecule has 0 aliphatic heterocycles. The van der Waals surface area contributed by atoms with Gasteiger partial charge in [0, 0.05) is 30.0 Å². The SMILES string of the molecule is COC(c1ccccc1)C(N)Cc1cncc(Br)c1. The molecule has 100 valence electrons. The topological polar surface area (TPSA) is 48.1 Å². The molecule has 0 bridgehead atoms. The zero-order valence-electron chi connectivity index (χ0n) is 10.8. The van der Waals surface area contributed by atoms with Gasteiger partial charge in [-0.2, -0.15) is 0 Å². The lowest BCUT2D eigenvalue weighted by molar-refractivity contribution is 0.0802. The van der Waals surface area contributed by atoms with Gasteiger partial charge in [-0.1, -0.05) is 30.3 Å². The van der Waals surface area contributed by atoms with Gasteiger partial charge < -0.3 is 10.5 Å². The second-order valence-corrected chi connectivity index (χ2v) is 5.36. The predicted molar refractivity (Wildman–Crippen MR) is 79.8 cm³/mol. The molecule has 0 amide bonds. The Morgan fingerprint density at radius 2 is 2.00 bits per heavy atom. The van der Waals surface area contributed by atoms with Crippen LogP contribution in [0.4, 0.5) is 0 Å². The van der Waals surface area contributed by atoms with Crippen molar-refractivity contribution in [2.75, 3.05) is 7.11 Å². The highest BCUT2D eigenvalue weighted by Gasteiger charge is 2.19. The molecule has 2 aromatic rings. The molecule has 2 N–H and O–H groups in total. The summed E-state index contributed by atoms with van der Waals surface area (Å²) in [4.78, 5) is 4.15. The Kier molecular flexibility index (Phi) is 5.07. The standard InChI is InChI=1S/C15H17BrN2O/c1-19-15(12-5-3-2-4-6-12)14(17)8-11-7-13(16)10-18-9-11/h2-7,9-10,14-15H,8,17H2,1H3. The third kappa shape index (κ3) is 3.86. The van der Waals surface area contributed by atoms with Gasteiger partial charge >= 0.3 is 0 Å². The molecule has 1 heterocycles. The van der Waals surface area contributed by atoms with Crippen LogP contribution in [0.2, 0.25) is 0 Å². The summed E-state index contributed by atoms with van der Waals surface area (Å²) in [6, 6.07) is 12.0. The van der Waals surface area contributed by atoms with E-state index in [9.17, 15) is 0 Å². The summed E-state index contributed by atoms with van der Waals surface area (Å²) in [6.45, 7) is 0. The van der Waals surface area contributed by atoms with E-state index >= 15 is 0 Å². The number of aromatic nitrogens is 1. The van der Waals surface area contributed by atoms with E-state index in [0.717, 1.165) is 22.0 Å². The Hall–Kier alpha value is -1.23. The molecule has 19 heavy (non-hydrogen) atoms. The van der Waals surface area contributed by atoms with Crippen molar-refractivity contribution in [2.24, 2.45) is 5.73 Å². The molecule has 4 heteroatoms. The van der Waals surface area contributed by atoms with Gasteiger partial charge in [-0.25, -0.2) is 0 Å². The predicted octanol–water partition coefficient (Wildman–Crippen LogP) is 3.10. The number of benzene rings is 1. The molecule has 2 rings (SSSR count). The van der Waals surface area contributed by atoms with Crippen LogP contribution >= 0.6 is 15.9 Å². The molecule has 0 fully saturated rings. The largest absolute Gasteiger partial charge is 0.375 e. The fourth-order valence-electron chi connectivity index (χ4n) is 2.15. The summed E-state index contributed by atoms with van der Waals surface area (Å²) in [5.74, 6) is 0. The summed E-state index contributed by atoms with van der Waals surface area (Å²) in [7, 11) is 1.69. The van der Waals surface area contributed by atoms with Crippen LogP contribution in [-0.4, -0.2) is 18.1 Å². The van der Waals surface area contributed by atoms with Gasteiger partial charge in [0.15, 0.2) is 0 Å². The van der Waals surface area contributed by atoms with Crippen molar-refractivity contribution in [1.29, 1.82) is 0 Å². The Labute approximate surface area is 121 Å². The maximum atomic E-state index is 6.27. The lowest BCUT2D eigenvalue weighted by atomic mass is 9.97. The lowest BCUT2D eigenvalue weighted by Gasteiger charge is -2.23. The Balaban J connectivity index is 2.11. The van der Waals surface area contributed by atoms with Gasteiger partial charge in [-0.15, -0.1) is 0 Å². The molecule has 2 unspecified atom stereocenters. The third-order valence-electron chi connectivity index (χ3n) is 3.00. The molecule has 0 saturated heterocycles. The minimum Gasteiger partial charge on any atom is -0.375 e. The number of hydrogen-bond donors (Lipinski definition) is 1. The highest BCUT2D eigenvalue weighted by Crippen LogP contribution is 2.22. The van der Waals surface area contributed by atoms with E-state index in [0.29, 0.717) is 0 Å². The smallest absolute Gasteiger partial charge is 0.0975 e. The molecule has 2 atom stereocenters. The van der Waals surface area contributed by atoms with Crippen molar-refractivity contribution in [2.45, 2.75) is 18.6 Å². The second kappa shape index (κ2) is 6.80. The van der Waals surface area contributed by atoms with Crippen LogP contribution in [0.15, 0.2) is 53.3 Å². The molecule has 1 aromatic heterocycles. The summed E-state index contributed by atoms with van der Waals surface area (Å²) >= 11 is 3.42. The minimum atomic E-state index is -0.111. The number of pyridine rings is 1. The first-order valence-corrected chi connectivity index (χ1v) is 6.92. The van der Waals surface area contributed by atoms with E-state index in [1.165, 1.54) is 0 Å². The zero-order valence-corrected chi connectivity index (χ0v) is 12.4. The quantitative estimate of drug-likeness (QED) is 0.920. The van der Waals surface area contributed by atoms with E-state index < -0.39 is 0 Å². The number of nitrogens with two attached hydrogens (primary N) is 1. The van der Waals surface area contributed by atoms with Crippen molar-refractivity contribution < 1.29 is 4.74 Å². The average Bonchev–Trinajstić information content (AvgIpc) is 2.41. The van der Waals surface area contributed by atoms with Crippen LogP contribution in [0, 0.1) is 0 Å². The molecule has 1 aromatic carbocycles. The molecule has 0 radical (unpaired) electrons. The van der Waals surface area contributed by atoms with Crippen LogP contribution in [0.25, 0.3) is 0 Å². The number of methoxy groups -OCH3 is 1. The third-order valence-corrected chi connectivity index (χ3v) is 3.44. The van der Waals surface area contributed by atoms with Gasteiger partial charge in [0.25, 0.3) is 0 Å². The van der Waals surface area contributed by atoms with Crippen LogP contribution in [-0.2, 0) is 11.2 Å². The molecule has 0 spiro atoms. The maximum absolute atomic E-state index is 6.27. The number of nitrogens with zero attached hydrogens (tertiary/aromatic N) is 1. The van der Waals surface area contributed by atoms with E-state index in [-0.39, 0.29) is 12.1 Å². The van der Waals surface area contributed by atoms with Crippen molar-refractivity contribution in [3.05, 3.63) is 64.4 Å². The first-order valence-electron chi connectivity index (χ1n) is 6.13. The van der Waals surface area contributed by atoms with E-state index in [1.807, 2.05) is 42.6 Å². The maximum Gasteiger partial charge on any atom is 0.0975 e. The molecular weight excluding hydrogens is 304 g/mol. The van der Waals surface area contributed by atoms with Gasteiger partial charge in [-0.3, -0.25) is 4.98 Å². The number of ether oxygens (including phenoxy) is 1. The number of rotatable bonds is 5. The summed E-state index contributed by atoms with van der Waals surface area (Å²) in [5.41, 5.74) is 8.47. The van der Waals surface area contributed by atoms with Gasteiger partial charge in [0.1, 0.15) is 0 Å².